The van der Waals surface area contributed by atoms with Crippen molar-refractivity contribution in [1.29, 1.82) is 0 Å². The van der Waals surface area contributed by atoms with Crippen molar-refractivity contribution in [3.05, 3.63) is 44.0 Å². The first-order valence-electron chi connectivity index (χ1n) is 4.70. The molecule has 1 rings (SSSR count). The van der Waals surface area contributed by atoms with E-state index in [9.17, 15) is 25.3 Å². The van der Waals surface area contributed by atoms with Crippen molar-refractivity contribution in [3.63, 3.8) is 0 Å². The molecule has 11 heteroatoms. The molecule has 0 aliphatic heterocycles. The molecule has 0 saturated heterocycles. The van der Waals surface area contributed by atoms with Crippen molar-refractivity contribution < 1.29 is 20.2 Å². The zero-order valence-electron chi connectivity index (χ0n) is 9.31. The number of hydrazine groups is 1. The third-order valence-electron chi connectivity index (χ3n) is 1.83. The molecule has 0 aliphatic carbocycles. The number of phenols is 1. The molecule has 0 unspecified atom stereocenters. The molecule has 0 bridgehead atoms. The molecule has 0 aromatic heterocycles. The molecule has 19 heavy (non-hydrogen) atoms. The van der Waals surface area contributed by atoms with E-state index in [4.69, 9.17) is 5.73 Å². The molecule has 100 valence electrons. The van der Waals surface area contributed by atoms with Gasteiger partial charge in [-0.2, -0.15) is 0 Å². The number of rotatable bonds is 4. The Hall–Kier alpha value is -3.24. The highest BCUT2D eigenvalue weighted by Crippen LogP contribution is 2.20. The number of hydrogen-bond acceptors (Lipinski definition) is 6. The van der Waals surface area contributed by atoms with E-state index >= 15 is 0 Å². The predicted molar refractivity (Wildman–Crippen MR) is 62.6 cm³/mol. The Morgan fingerprint density at radius 3 is 2.74 bits per heavy atom. The second kappa shape index (κ2) is 5.90. The molecule has 0 fully saturated rings. The lowest BCUT2D eigenvalue weighted by molar-refractivity contribution is -0.528. The van der Waals surface area contributed by atoms with E-state index < -0.39 is 15.9 Å². The highest BCUT2D eigenvalue weighted by molar-refractivity contribution is 5.81. The van der Waals surface area contributed by atoms with Gasteiger partial charge in [-0.3, -0.25) is 10.1 Å². The van der Waals surface area contributed by atoms with Crippen LogP contribution in [0.15, 0.2) is 23.3 Å². The van der Waals surface area contributed by atoms with Crippen molar-refractivity contribution in [1.82, 2.24) is 5.43 Å². The zero-order chi connectivity index (χ0) is 14.4. The van der Waals surface area contributed by atoms with Gasteiger partial charge in [0.1, 0.15) is 5.75 Å². The van der Waals surface area contributed by atoms with Gasteiger partial charge in [0, 0.05) is 17.2 Å². The van der Waals surface area contributed by atoms with Gasteiger partial charge in [-0.05, 0) is 6.07 Å². The number of nitrogens with one attached hydrogen (secondary N) is 2. The smallest absolute Gasteiger partial charge is 0.319 e. The summed E-state index contributed by atoms with van der Waals surface area (Å²) in [6.07, 6.45) is 1.09. The van der Waals surface area contributed by atoms with Crippen molar-refractivity contribution in [3.8, 4) is 5.75 Å². The molecule has 1 aromatic carbocycles. The molecule has 1 aromatic rings. The maximum absolute atomic E-state index is 10.5. The van der Waals surface area contributed by atoms with E-state index in [1.807, 2.05) is 0 Å². The van der Waals surface area contributed by atoms with Gasteiger partial charge in [0.05, 0.1) is 10.5 Å². The lowest BCUT2D eigenvalue weighted by atomic mass is 10.2. The Morgan fingerprint density at radius 2 is 2.16 bits per heavy atom. The largest absolute Gasteiger partial charge is 0.507 e. The summed E-state index contributed by atoms with van der Waals surface area (Å²) in [5, 5.41) is 34.6. The number of guanidine groups is 1. The number of nitro groups is 2. The number of benzene rings is 1. The Kier molecular flexibility index (Phi) is 4.29. The topological polar surface area (TPSA) is 171 Å². The first-order chi connectivity index (χ1) is 8.90. The maximum atomic E-state index is 10.5. The van der Waals surface area contributed by atoms with Crippen LogP contribution in [0.3, 0.4) is 0 Å². The lowest BCUT2D eigenvalue weighted by Gasteiger charge is -1.95. The summed E-state index contributed by atoms with van der Waals surface area (Å²) in [4.78, 5) is 19.9. The Balaban J connectivity index is 2.90. The monoisotopic (exact) mass is 269 g/mol. The molecule has 0 spiro atoms. The molecule has 0 amide bonds. The van der Waals surface area contributed by atoms with E-state index in [-0.39, 0.29) is 17.0 Å². The van der Waals surface area contributed by atoms with E-state index in [2.05, 4.69) is 10.2 Å². The SMILES string of the molecule is NC(=N/[NH+]=C/c1cc([N+](=O)[O-])ccc1O)N[N+](=O)[O-]. The third-order valence-corrected chi connectivity index (χ3v) is 1.83. The Morgan fingerprint density at radius 1 is 1.47 bits per heavy atom. The van der Waals surface area contributed by atoms with Crippen LogP contribution in [-0.4, -0.2) is 27.2 Å². The molecule has 0 atom stereocenters. The van der Waals surface area contributed by atoms with E-state index in [0.29, 0.717) is 0 Å². The summed E-state index contributed by atoms with van der Waals surface area (Å²) in [6, 6.07) is 3.35. The van der Waals surface area contributed by atoms with Crippen LogP contribution in [0.1, 0.15) is 5.56 Å². The first kappa shape index (κ1) is 13.8. The molecule has 0 heterocycles. The number of nitrogens with two attached hydrogens (primary N) is 1. The molecule has 0 radical (unpaired) electrons. The van der Waals surface area contributed by atoms with E-state index in [1.54, 1.807) is 5.43 Å². The molecule has 0 saturated carbocycles. The van der Waals surface area contributed by atoms with Gasteiger partial charge in [0.25, 0.3) is 5.69 Å². The van der Waals surface area contributed by atoms with Gasteiger partial charge >= 0.3 is 5.96 Å². The van der Waals surface area contributed by atoms with Gasteiger partial charge in [0.15, 0.2) is 5.03 Å². The summed E-state index contributed by atoms with van der Waals surface area (Å²) >= 11 is 0. The minimum atomic E-state index is -0.911. The summed E-state index contributed by atoms with van der Waals surface area (Å²) in [7, 11) is 0. The fourth-order valence-electron chi connectivity index (χ4n) is 1.06. The number of aromatic hydroxyl groups is 1. The minimum absolute atomic E-state index is 0.0758. The average Bonchev–Trinajstić information content (AvgIpc) is 2.30. The van der Waals surface area contributed by atoms with Crippen molar-refractivity contribution in [2.75, 3.05) is 0 Å². The number of hydrazone groups is 1. The van der Waals surface area contributed by atoms with Crippen molar-refractivity contribution in [2.24, 2.45) is 10.8 Å². The quantitative estimate of drug-likeness (QED) is 0.208. The zero-order valence-corrected chi connectivity index (χ0v) is 9.31. The van der Waals surface area contributed by atoms with Gasteiger partial charge < -0.3 is 10.8 Å². The van der Waals surface area contributed by atoms with Gasteiger partial charge in [-0.25, -0.2) is 10.1 Å². The van der Waals surface area contributed by atoms with Crippen LogP contribution in [0.25, 0.3) is 0 Å². The summed E-state index contributed by atoms with van der Waals surface area (Å²) in [6.45, 7) is 0. The molecule has 11 nitrogen and oxygen atoms in total. The molecular weight excluding hydrogens is 260 g/mol. The first-order valence-corrected chi connectivity index (χ1v) is 4.70. The number of phenolic OH excluding ortho intramolecular Hbond substituents is 1. The number of hydrogen-bond donors (Lipinski definition) is 4. The molecule has 5 N–H and O–H groups in total. The Bertz CT molecular complexity index is 569. The van der Waals surface area contributed by atoms with Crippen LogP contribution in [0.5, 0.6) is 5.75 Å². The van der Waals surface area contributed by atoms with Crippen LogP contribution in [0, 0.1) is 20.2 Å². The third kappa shape index (κ3) is 4.26. The Labute approximate surface area is 105 Å². The fourth-order valence-corrected chi connectivity index (χ4v) is 1.06. The van der Waals surface area contributed by atoms with E-state index in [0.717, 1.165) is 24.4 Å². The van der Waals surface area contributed by atoms with Gasteiger partial charge in [-0.15, -0.1) is 5.10 Å². The average molecular weight is 269 g/mol. The fraction of sp³-hybridized carbons (Fsp3) is 0. The van der Waals surface area contributed by atoms with Gasteiger partial charge in [-0.1, -0.05) is 5.43 Å². The van der Waals surface area contributed by atoms with Crippen LogP contribution in [-0.2, 0) is 0 Å². The summed E-state index contributed by atoms with van der Waals surface area (Å²) < 4.78 is 0. The number of nitrogens with zero attached hydrogens (tertiary/aromatic N) is 3. The minimum Gasteiger partial charge on any atom is -0.507 e. The predicted octanol–water partition coefficient (Wildman–Crippen LogP) is -2.19. The highest BCUT2D eigenvalue weighted by Gasteiger charge is 2.10. The summed E-state index contributed by atoms with van der Waals surface area (Å²) in [5.74, 6) is -0.750. The molecular formula is C8H9N6O5+. The van der Waals surface area contributed by atoms with E-state index in [1.165, 1.54) is 0 Å². The van der Waals surface area contributed by atoms with Crippen molar-refractivity contribution >= 4 is 17.9 Å². The van der Waals surface area contributed by atoms with Crippen LogP contribution in [0.4, 0.5) is 5.69 Å². The summed E-state index contributed by atoms with van der Waals surface area (Å²) in [5.41, 5.74) is 6.51. The maximum Gasteiger partial charge on any atom is 0.319 e. The molecule has 0 aliphatic rings. The number of nitro benzene ring substituents is 1. The second-order valence-corrected chi connectivity index (χ2v) is 3.14. The van der Waals surface area contributed by atoms with Crippen LogP contribution >= 0.6 is 0 Å². The standard InChI is InChI=1S/C8H8N6O5/c9-8(12-14(18)19)11-10-4-5-3-6(13(16)17)1-2-7(5)15/h1-4,15H,(H3,9,11,12)/p+1/b10-4+. The van der Waals surface area contributed by atoms with Crippen LogP contribution < -0.4 is 16.3 Å². The van der Waals surface area contributed by atoms with Crippen molar-refractivity contribution in [2.45, 2.75) is 0 Å². The lowest BCUT2D eigenvalue weighted by Crippen LogP contribution is -2.64. The van der Waals surface area contributed by atoms with Gasteiger partial charge in [0.2, 0.25) is 6.21 Å². The highest BCUT2D eigenvalue weighted by atomic mass is 16.7. The normalized spacial score (nSPS) is 11.5. The second-order valence-electron chi connectivity index (χ2n) is 3.14. The van der Waals surface area contributed by atoms with Crippen LogP contribution in [0.2, 0.25) is 0 Å². The number of non-ortho nitro benzene ring substituents is 1.